The van der Waals surface area contributed by atoms with Crippen LogP contribution in [0.15, 0.2) is 12.1 Å². The third-order valence-electron chi connectivity index (χ3n) is 3.98. The third-order valence-corrected chi connectivity index (χ3v) is 4.74. The van der Waals surface area contributed by atoms with E-state index in [0.29, 0.717) is 18.8 Å². The molecule has 1 saturated heterocycles. The van der Waals surface area contributed by atoms with Crippen molar-refractivity contribution in [2.75, 3.05) is 19.3 Å². The van der Waals surface area contributed by atoms with Crippen LogP contribution in [-0.4, -0.2) is 43.8 Å². The minimum atomic E-state index is -3.17. The highest BCUT2D eigenvalue weighted by molar-refractivity contribution is 7.88. The van der Waals surface area contributed by atoms with Gasteiger partial charge in [-0.05, 0) is 50.4 Å². The Morgan fingerprint density at radius 3 is 2.67 bits per heavy atom. The predicted molar refractivity (Wildman–Crippen MR) is 83.9 cm³/mol. The van der Waals surface area contributed by atoms with Crippen molar-refractivity contribution in [1.82, 2.24) is 9.62 Å². The summed E-state index contributed by atoms with van der Waals surface area (Å²) < 4.78 is 25.3. The van der Waals surface area contributed by atoms with Gasteiger partial charge in [-0.3, -0.25) is 4.90 Å². The number of piperidine rings is 1. The number of nitrogens with zero attached hydrogens (tertiary/aromatic N) is 1. The average molecular weight is 312 g/mol. The predicted octanol–water partition coefficient (Wildman–Crippen LogP) is 1.52. The van der Waals surface area contributed by atoms with Crippen LogP contribution in [-0.2, 0) is 16.6 Å². The summed E-state index contributed by atoms with van der Waals surface area (Å²) in [7, 11) is -3.17. The first-order valence-corrected chi connectivity index (χ1v) is 9.12. The SMILES string of the molecule is Cc1cc(O)c(CN2CCC[C@H](NS(C)(=O)=O)C2)cc1C. The van der Waals surface area contributed by atoms with Crippen LogP contribution in [0.4, 0.5) is 0 Å². The van der Waals surface area contributed by atoms with Gasteiger partial charge in [-0.25, -0.2) is 13.1 Å². The number of rotatable bonds is 4. The van der Waals surface area contributed by atoms with Crippen molar-refractivity contribution >= 4 is 10.0 Å². The molecule has 0 bridgehead atoms. The molecular weight excluding hydrogens is 288 g/mol. The lowest BCUT2D eigenvalue weighted by Crippen LogP contribution is -2.46. The van der Waals surface area contributed by atoms with Crippen LogP contribution >= 0.6 is 0 Å². The lowest BCUT2D eigenvalue weighted by atomic mass is 10.0. The fraction of sp³-hybridized carbons (Fsp3) is 0.600. The van der Waals surface area contributed by atoms with Gasteiger partial charge in [0.15, 0.2) is 0 Å². The standard InChI is InChI=1S/C15H24N2O3S/c1-11-7-13(15(18)8-12(11)2)9-17-6-4-5-14(10-17)16-21(3,19)20/h7-8,14,16,18H,4-6,9-10H2,1-3H3/t14-/m0/s1. The van der Waals surface area contributed by atoms with Gasteiger partial charge in [0, 0.05) is 24.7 Å². The van der Waals surface area contributed by atoms with E-state index in [9.17, 15) is 13.5 Å². The van der Waals surface area contributed by atoms with Crippen molar-refractivity contribution in [1.29, 1.82) is 0 Å². The molecule has 0 aromatic heterocycles. The van der Waals surface area contributed by atoms with Crippen molar-refractivity contribution in [2.24, 2.45) is 0 Å². The molecule has 1 aliphatic heterocycles. The van der Waals surface area contributed by atoms with Gasteiger partial charge in [-0.2, -0.15) is 0 Å². The zero-order valence-electron chi connectivity index (χ0n) is 12.9. The molecule has 1 atom stereocenters. The number of nitrogens with one attached hydrogen (secondary N) is 1. The highest BCUT2D eigenvalue weighted by Gasteiger charge is 2.23. The van der Waals surface area contributed by atoms with E-state index in [2.05, 4.69) is 9.62 Å². The molecule has 0 spiro atoms. The number of phenolic OH excluding ortho intramolecular Hbond substituents is 1. The molecule has 0 saturated carbocycles. The summed E-state index contributed by atoms with van der Waals surface area (Å²) in [6, 6.07) is 3.77. The molecule has 1 aromatic carbocycles. The number of aromatic hydroxyl groups is 1. The second-order valence-corrected chi connectivity index (χ2v) is 7.81. The summed E-state index contributed by atoms with van der Waals surface area (Å²) >= 11 is 0. The second kappa shape index (κ2) is 6.34. The molecule has 1 aromatic rings. The Kier molecular flexibility index (Phi) is 4.91. The Morgan fingerprint density at radius 2 is 2.00 bits per heavy atom. The normalized spacial score (nSPS) is 20.6. The summed E-state index contributed by atoms with van der Waals surface area (Å²) in [5.41, 5.74) is 3.13. The van der Waals surface area contributed by atoms with Gasteiger partial charge in [0.05, 0.1) is 6.26 Å². The van der Waals surface area contributed by atoms with Crippen LogP contribution in [0.2, 0.25) is 0 Å². The minimum Gasteiger partial charge on any atom is -0.508 e. The summed E-state index contributed by atoms with van der Waals surface area (Å²) in [5, 5.41) is 10.1. The van der Waals surface area contributed by atoms with E-state index in [4.69, 9.17) is 0 Å². The maximum absolute atomic E-state index is 11.3. The molecule has 0 aliphatic carbocycles. The van der Waals surface area contributed by atoms with E-state index < -0.39 is 10.0 Å². The molecular formula is C15H24N2O3S. The number of sulfonamides is 1. The molecule has 0 radical (unpaired) electrons. The molecule has 5 nitrogen and oxygen atoms in total. The fourth-order valence-electron chi connectivity index (χ4n) is 2.83. The quantitative estimate of drug-likeness (QED) is 0.884. The summed E-state index contributed by atoms with van der Waals surface area (Å²) in [4.78, 5) is 2.19. The number of phenols is 1. The van der Waals surface area contributed by atoms with E-state index in [1.165, 1.54) is 6.26 Å². The van der Waals surface area contributed by atoms with Gasteiger partial charge < -0.3 is 5.11 Å². The first-order valence-electron chi connectivity index (χ1n) is 7.23. The number of benzene rings is 1. The Balaban J connectivity index is 2.04. The molecule has 1 fully saturated rings. The maximum Gasteiger partial charge on any atom is 0.208 e. The molecule has 6 heteroatoms. The first-order chi connectivity index (χ1) is 9.74. The van der Waals surface area contributed by atoms with Crippen LogP contribution < -0.4 is 4.72 Å². The Bertz CT molecular complexity index is 614. The zero-order chi connectivity index (χ0) is 15.6. The van der Waals surface area contributed by atoms with E-state index in [1.54, 1.807) is 6.07 Å². The van der Waals surface area contributed by atoms with Crippen molar-refractivity contribution in [3.8, 4) is 5.75 Å². The van der Waals surface area contributed by atoms with Gasteiger partial charge in [0.25, 0.3) is 0 Å². The Morgan fingerprint density at radius 1 is 1.33 bits per heavy atom. The molecule has 118 valence electrons. The van der Waals surface area contributed by atoms with Gasteiger partial charge in [0.1, 0.15) is 5.75 Å². The largest absolute Gasteiger partial charge is 0.508 e. The Hall–Kier alpha value is -1.11. The summed E-state index contributed by atoms with van der Waals surface area (Å²) in [6.07, 6.45) is 3.02. The van der Waals surface area contributed by atoms with E-state index >= 15 is 0 Å². The molecule has 21 heavy (non-hydrogen) atoms. The first kappa shape index (κ1) is 16.3. The minimum absolute atomic E-state index is 0.0394. The van der Waals surface area contributed by atoms with Crippen LogP contribution in [0.5, 0.6) is 5.75 Å². The van der Waals surface area contributed by atoms with Crippen LogP contribution in [0.25, 0.3) is 0 Å². The molecule has 1 aliphatic rings. The van der Waals surface area contributed by atoms with E-state index in [1.807, 2.05) is 19.9 Å². The smallest absolute Gasteiger partial charge is 0.208 e. The van der Waals surface area contributed by atoms with Gasteiger partial charge in [0.2, 0.25) is 10.0 Å². The molecule has 0 amide bonds. The van der Waals surface area contributed by atoms with Crippen molar-refractivity contribution < 1.29 is 13.5 Å². The summed E-state index contributed by atoms with van der Waals surface area (Å²) in [6.45, 7) is 6.26. The lowest BCUT2D eigenvalue weighted by Gasteiger charge is -2.33. The zero-order valence-corrected chi connectivity index (χ0v) is 13.7. The lowest BCUT2D eigenvalue weighted by molar-refractivity contribution is 0.193. The van der Waals surface area contributed by atoms with Crippen molar-refractivity contribution in [3.05, 3.63) is 28.8 Å². The van der Waals surface area contributed by atoms with Crippen LogP contribution in [0.3, 0.4) is 0 Å². The number of aryl methyl sites for hydroxylation is 2. The van der Waals surface area contributed by atoms with Crippen molar-refractivity contribution in [3.63, 3.8) is 0 Å². The molecule has 0 unspecified atom stereocenters. The number of likely N-dealkylation sites (tertiary alicyclic amines) is 1. The topological polar surface area (TPSA) is 69.6 Å². The van der Waals surface area contributed by atoms with Crippen molar-refractivity contribution in [2.45, 2.75) is 39.3 Å². The maximum atomic E-state index is 11.3. The van der Waals surface area contributed by atoms with Gasteiger partial charge in [-0.1, -0.05) is 6.07 Å². The highest BCUT2D eigenvalue weighted by atomic mass is 32.2. The van der Waals surface area contributed by atoms with E-state index in [-0.39, 0.29) is 6.04 Å². The molecule has 2 rings (SSSR count). The highest BCUT2D eigenvalue weighted by Crippen LogP contribution is 2.24. The number of hydrogen-bond donors (Lipinski definition) is 2. The van der Waals surface area contributed by atoms with E-state index in [0.717, 1.165) is 36.1 Å². The van der Waals surface area contributed by atoms with Crippen LogP contribution in [0, 0.1) is 13.8 Å². The number of hydrogen-bond acceptors (Lipinski definition) is 4. The molecule has 1 heterocycles. The molecule has 2 N–H and O–H groups in total. The summed E-state index contributed by atoms with van der Waals surface area (Å²) in [5.74, 6) is 0.316. The van der Waals surface area contributed by atoms with Crippen LogP contribution in [0.1, 0.15) is 29.5 Å². The second-order valence-electron chi connectivity index (χ2n) is 6.03. The average Bonchev–Trinajstić information content (AvgIpc) is 2.34. The monoisotopic (exact) mass is 312 g/mol. The fourth-order valence-corrected chi connectivity index (χ4v) is 3.62. The Labute approximate surface area is 127 Å². The van der Waals surface area contributed by atoms with Gasteiger partial charge in [-0.15, -0.1) is 0 Å². The third kappa shape index (κ3) is 4.69. The van der Waals surface area contributed by atoms with Gasteiger partial charge >= 0.3 is 0 Å².